The first-order valence-electron chi connectivity index (χ1n) is 8.63. The zero-order valence-corrected chi connectivity index (χ0v) is 16.2. The molecule has 162 valence electrons. The molecule has 14 heteroatoms. The smallest absolute Gasteiger partial charge is 0.336 e. The number of ether oxygens (including phenoxy) is 1. The maximum atomic E-state index is 14.1. The fraction of sp³-hybridized carbons (Fsp3) is 0.176. The number of aromatic nitrogens is 1. The molecule has 4 N–H and O–H groups in total. The minimum atomic E-state index is -4.60. The van der Waals surface area contributed by atoms with Gasteiger partial charge in [-0.15, -0.1) is 0 Å². The molecule has 0 spiro atoms. The number of sulfonamides is 1. The van der Waals surface area contributed by atoms with Crippen LogP contribution in [-0.2, 0) is 14.8 Å². The molecular formula is C17H13F2N5O6S. The molecule has 31 heavy (non-hydrogen) atoms. The minimum absolute atomic E-state index is 0.0942. The Morgan fingerprint density at radius 3 is 2.77 bits per heavy atom. The van der Waals surface area contributed by atoms with Crippen LogP contribution in [0.2, 0.25) is 0 Å². The van der Waals surface area contributed by atoms with Gasteiger partial charge in [0.05, 0.1) is 17.3 Å². The molecule has 0 unspecified atom stereocenters. The number of primary amides is 1. The van der Waals surface area contributed by atoms with Crippen LogP contribution in [0, 0.1) is 11.6 Å². The fourth-order valence-electron chi connectivity index (χ4n) is 3.18. The molecule has 1 aromatic heterocycles. The van der Waals surface area contributed by atoms with E-state index in [1.54, 1.807) is 0 Å². The van der Waals surface area contributed by atoms with E-state index in [0.29, 0.717) is 6.07 Å². The molecule has 2 aliphatic heterocycles. The molecule has 4 rings (SSSR count). The van der Waals surface area contributed by atoms with Gasteiger partial charge < -0.3 is 21.1 Å². The van der Waals surface area contributed by atoms with Crippen LogP contribution in [0.5, 0.6) is 5.75 Å². The number of carbonyl (C=O) groups is 3. The Morgan fingerprint density at radius 2 is 2.06 bits per heavy atom. The van der Waals surface area contributed by atoms with Crippen LogP contribution >= 0.6 is 0 Å². The monoisotopic (exact) mass is 453 g/mol. The highest BCUT2D eigenvalue weighted by Crippen LogP contribution is 2.35. The van der Waals surface area contributed by atoms with Crippen LogP contribution in [0.15, 0.2) is 29.3 Å². The first kappa shape index (κ1) is 20.5. The number of carbonyl (C=O) groups excluding carboxylic acids is 3. The van der Waals surface area contributed by atoms with E-state index < -0.39 is 57.1 Å². The number of rotatable bonds is 4. The van der Waals surface area contributed by atoms with Crippen molar-refractivity contribution in [1.29, 1.82) is 0 Å². The Hall–Kier alpha value is -3.81. The molecule has 0 saturated heterocycles. The van der Waals surface area contributed by atoms with E-state index in [-0.39, 0.29) is 33.6 Å². The van der Waals surface area contributed by atoms with Crippen LogP contribution in [0.25, 0.3) is 0 Å². The lowest BCUT2D eigenvalue weighted by molar-refractivity contribution is -0.121. The average Bonchev–Trinajstić information content (AvgIpc) is 3.07. The van der Waals surface area contributed by atoms with Gasteiger partial charge in [-0.05, 0) is 12.1 Å². The number of nitrogens with two attached hydrogens (primary N) is 1. The molecular weight excluding hydrogens is 440 g/mol. The van der Waals surface area contributed by atoms with Crippen molar-refractivity contribution in [2.24, 2.45) is 5.73 Å². The number of hydrogen-bond donors (Lipinski definition) is 3. The molecule has 0 aliphatic carbocycles. The average molecular weight is 453 g/mol. The standard InChI is InChI=1S/C17H13F2N5O6S/c18-7-3-8(19)14-11(6-30-12(14)4-7)21-13(25)5-24-17(27)23-10-2-1-9(15(20)26)22-16(10)31(24,28)29/h1-4,11H,5-6H2,(H2,20,26)(H,21,25)(H,23,27)/t11-/m1/s1. The van der Waals surface area contributed by atoms with Crippen molar-refractivity contribution in [1.82, 2.24) is 14.6 Å². The molecule has 1 aromatic carbocycles. The highest BCUT2D eigenvalue weighted by atomic mass is 32.2. The minimum Gasteiger partial charge on any atom is -0.490 e. The Bertz CT molecular complexity index is 1250. The molecule has 1 atom stereocenters. The van der Waals surface area contributed by atoms with E-state index in [0.717, 1.165) is 18.2 Å². The van der Waals surface area contributed by atoms with Crippen LogP contribution in [0.4, 0.5) is 19.3 Å². The summed E-state index contributed by atoms with van der Waals surface area (Å²) in [5.74, 6) is -3.85. The number of nitrogens with zero attached hydrogens (tertiary/aromatic N) is 2. The van der Waals surface area contributed by atoms with Crippen LogP contribution in [-0.4, -0.2) is 48.7 Å². The first-order chi connectivity index (χ1) is 14.6. The fourth-order valence-corrected chi connectivity index (χ4v) is 4.55. The maximum absolute atomic E-state index is 14.1. The maximum Gasteiger partial charge on any atom is 0.336 e. The lowest BCUT2D eigenvalue weighted by Crippen LogP contribution is -2.49. The Kier molecular flexibility index (Phi) is 4.72. The van der Waals surface area contributed by atoms with Gasteiger partial charge in [0.2, 0.25) is 10.9 Å². The molecule has 2 aromatic rings. The molecule has 0 fully saturated rings. The third kappa shape index (κ3) is 3.50. The summed E-state index contributed by atoms with van der Waals surface area (Å²) in [7, 11) is -4.60. The van der Waals surface area contributed by atoms with Crippen molar-refractivity contribution in [2.75, 3.05) is 18.5 Å². The SMILES string of the molecule is NC(=O)c1ccc2c(n1)S(=O)(=O)N(CC(=O)N[C@@H]1COc3cc(F)cc(F)c31)C(=O)N2. The van der Waals surface area contributed by atoms with Crippen molar-refractivity contribution in [2.45, 2.75) is 11.1 Å². The van der Waals surface area contributed by atoms with Crippen molar-refractivity contribution in [3.05, 3.63) is 47.2 Å². The number of nitrogens with one attached hydrogen (secondary N) is 2. The van der Waals surface area contributed by atoms with Crippen LogP contribution in [0.3, 0.4) is 0 Å². The van der Waals surface area contributed by atoms with E-state index in [2.05, 4.69) is 15.6 Å². The number of amides is 4. The number of urea groups is 1. The third-order valence-electron chi connectivity index (χ3n) is 4.55. The Morgan fingerprint density at radius 1 is 1.32 bits per heavy atom. The predicted molar refractivity (Wildman–Crippen MR) is 98.4 cm³/mol. The largest absolute Gasteiger partial charge is 0.490 e. The van der Waals surface area contributed by atoms with E-state index in [1.165, 1.54) is 0 Å². The molecule has 0 bridgehead atoms. The van der Waals surface area contributed by atoms with Gasteiger partial charge >= 0.3 is 6.03 Å². The van der Waals surface area contributed by atoms with Gasteiger partial charge in [-0.25, -0.2) is 22.9 Å². The Labute approximate surface area is 173 Å². The van der Waals surface area contributed by atoms with Gasteiger partial charge in [0.1, 0.15) is 36.2 Å². The van der Waals surface area contributed by atoms with Crippen molar-refractivity contribution in [3.63, 3.8) is 0 Å². The van der Waals surface area contributed by atoms with E-state index in [9.17, 15) is 31.6 Å². The topological polar surface area (TPSA) is 161 Å². The molecule has 2 aliphatic rings. The van der Waals surface area contributed by atoms with Crippen molar-refractivity contribution in [3.8, 4) is 5.75 Å². The number of pyridine rings is 1. The van der Waals surface area contributed by atoms with E-state index >= 15 is 0 Å². The summed E-state index contributed by atoms with van der Waals surface area (Å²) in [6.07, 6.45) is 0. The highest BCUT2D eigenvalue weighted by molar-refractivity contribution is 7.89. The third-order valence-corrected chi connectivity index (χ3v) is 6.22. The van der Waals surface area contributed by atoms with Gasteiger partial charge in [0.15, 0.2) is 0 Å². The summed E-state index contributed by atoms with van der Waals surface area (Å²) in [6, 6.07) is 1.69. The summed E-state index contributed by atoms with van der Waals surface area (Å²) >= 11 is 0. The summed E-state index contributed by atoms with van der Waals surface area (Å²) in [6.45, 7) is -1.18. The quantitative estimate of drug-likeness (QED) is 0.598. The summed E-state index contributed by atoms with van der Waals surface area (Å²) < 4.78 is 58.3. The molecule has 0 radical (unpaired) electrons. The summed E-state index contributed by atoms with van der Waals surface area (Å²) in [4.78, 5) is 39.6. The lowest BCUT2D eigenvalue weighted by Gasteiger charge is -2.28. The van der Waals surface area contributed by atoms with Crippen molar-refractivity contribution >= 4 is 33.6 Å². The Balaban J connectivity index is 1.56. The van der Waals surface area contributed by atoms with Crippen LogP contribution < -0.4 is 21.1 Å². The number of hydrogen-bond acceptors (Lipinski definition) is 7. The predicted octanol–water partition coefficient (Wildman–Crippen LogP) is 0.245. The van der Waals surface area contributed by atoms with Gasteiger partial charge in [-0.3, -0.25) is 9.59 Å². The van der Waals surface area contributed by atoms with E-state index in [1.807, 2.05) is 0 Å². The normalized spacial score (nSPS) is 18.5. The zero-order valence-electron chi connectivity index (χ0n) is 15.4. The second-order valence-electron chi connectivity index (χ2n) is 6.59. The molecule has 4 amide bonds. The van der Waals surface area contributed by atoms with Gasteiger partial charge in [-0.2, -0.15) is 8.42 Å². The second-order valence-corrected chi connectivity index (χ2v) is 8.36. The van der Waals surface area contributed by atoms with Gasteiger partial charge in [0.25, 0.3) is 15.9 Å². The first-order valence-corrected chi connectivity index (χ1v) is 10.1. The number of benzene rings is 1. The number of fused-ring (bicyclic) bond motifs is 2. The number of halogens is 2. The highest BCUT2D eigenvalue weighted by Gasteiger charge is 2.40. The van der Waals surface area contributed by atoms with Crippen molar-refractivity contribution < 1.29 is 36.3 Å². The molecule has 3 heterocycles. The summed E-state index contributed by atoms with van der Waals surface area (Å²) in [5, 5.41) is 3.94. The van der Waals surface area contributed by atoms with E-state index in [4.69, 9.17) is 10.5 Å². The summed E-state index contributed by atoms with van der Waals surface area (Å²) in [5.41, 5.74) is 4.46. The molecule has 11 nitrogen and oxygen atoms in total. The lowest BCUT2D eigenvalue weighted by atomic mass is 10.1. The van der Waals surface area contributed by atoms with Crippen LogP contribution in [0.1, 0.15) is 22.1 Å². The zero-order chi connectivity index (χ0) is 22.5. The van der Waals surface area contributed by atoms with Gasteiger partial charge in [0, 0.05) is 12.1 Å². The number of anilines is 1. The molecule has 0 saturated carbocycles. The second kappa shape index (κ2) is 7.16. The van der Waals surface area contributed by atoms with Gasteiger partial charge in [-0.1, -0.05) is 0 Å².